The number of rotatable bonds is 3. The monoisotopic (exact) mass is 219 g/mol. The number of nitrogens with zero attached hydrogens (tertiary/aromatic N) is 2. The Balaban J connectivity index is 2.02. The lowest BCUT2D eigenvalue weighted by atomic mass is 10.2. The topological polar surface area (TPSA) is 37.8 Å². The Kier molecular flexibility index (Phi) is 2.97. The van der Waals surface area contributed by atoms with Crippen molar-refractivity contribution in [3.63, 3.8) is 0 Å². The van der Waals surface area contributed by atoms with Crippen LogP contribution < -0.4 is 5.32 Å². The number of pyridine rings is 1. The molecule has 0 radical (unpaired) electrons. The molecule has 1 N–H and O–H groups in total. The molecule has 2 rings (SSSR count). The van der Waals surface area contributed by atoms with E-state index in [1.807, 2.05) is 25.4 Å². The largest absolute Gasteiger partial charge is 0.378 e. The second kappa shape index (κ2) is 4.40. The summed E-state index contributed by atoms with van der Waals surface area (Å²) in [5, 5.41) is 4.47. The van der Waals surface area contributed by atoms with E-state index in [1.54, 1.807) is 17.5 Å². The van der Waals surface area contributed by atoms with E-state index in [0.29, 0.717) is 0 Å². The molecule has 0 saturated heterocycles. The molecule has 0 spiro atoms. The maximum Gasteiger partial charge on any atom is 0.112 e. The summed E-state index contributed by atoms with van der Waals surface area (Å²) in [6.07, 6.45) is 5.55. The van der Waals surface area contributed by atoms with Crippen LogP contribution in [0.3, 0.4) is 0 Å². The van der Waals surface area contributed by atoms with Crippen molar-refractivity contribution in [3.8, 4) is 0 Å². The first-order valence-electron chi connectivity index (χ1n) is 4.81. The van der Waals surface area contributed by atoms with Crippen LogP contribution in [0.1, 0.15) is 15.4 Å². The third kappa shape index (κ3) is 2.53. The van der Waals surface area contributed by atoms with E-state index in [1.165, 1.54) is 4.88 Å². The van der Waals surface area contributed by atoms with Crippen LogP contribution in [0.4, 0.5) is 5.69 Å². The molecular weight excluding hydrogens is 206 g/mol. The zero-order valence-corrected chi connectivity index (χ0v) is 9.64. The molecular formula is C11H13N3S. The quantitative estimate of drug-likeness (QED) is 0.862. The first kappa shape index (κ1) is 10.1. The normalized spacial score (nSPS) is 10.3. The van der Waals surface area contributed by atoms with Crippen LogP contribution >= 0.6 is 11.3 Å². The summed E-state index contributed by atoms with van der Waals surface area (Å²) < 4.78 is 0. The third-order valence-electron chi connectivity index (χ3n) is 2.12. The third-order valence-corrected chi connectivity index (χ3v) is 3.03. The highest BCUT2D eigenvalue weighted by atomic mass is 32.1. The van der Waals surface area contributed by atoms with Gasteiger partial charge in [0.25, 0.3) is 0 Å². The second-order valence-electron chi connectivity index (χ2n) is 3.41. The fourth-order valence-electron chi connectivity index (χ4n) is 1.33. The number of aromatic nitrogens is 2. The van der Waals surface area contributed by atoms with Gasteiger partial charge in [-0.1, -0.05) is 0 Å². The average Bonchev–Trinajstić information content (AvgIpc) is 2.63. The van der Waals surface area contributed by atoms with Crippen molar-refractivity contribution < 1.29 is 0 Å². The summed E-state index contributed by atoms with van der Waals surface area (Å²) in [6, 6.07) is 1.98. The molecule has 78 valence electrons. The summed E-state index contributed by atoms with van der Waals surface area (Å²) in [5.74, 6) is 0. The highest BCUT2D eigenvalue weighted by Gasteiger charge is 2.00. The van der Waals surface area contributed by atoms with Gasteiger partial charge < -0.3 is 5.32 Å². The Bertz CT molecular complexity index is 451. The van der Waals surface area contributed by atoms with Crippen molar-refractivity contribution in [1.82, 2.24) is 9.97 Å². The summed E-state index contributed by atoms with van der Waals surface area (Å²) >= 11 is 1.72. The maximum absolute atomic E-state index is 4.30. The standard InChI is InChI=1S/C11H13N3S/c1-8-5-12-4-3-10(8)13-7-11-14-6-9(2)15-11/h3-6H,7H2,1-2H3,(H,12,13). The van der Waals surface area contributed by atoms with E-state index in [4.69, 9.17) is 0 Å². The Hall–Kier alpha value is -1.42. The molecule has 0 saturated carbocycles. The second-order valence-corrected chi connectivity index (χ2v) is 4.73. The molecule has 15 heavy (non-hydrogen) atoms. The van der Waals surface area contributed by atoms with Gasteiger partial charge in [-0.3, -0.25) is 4.98 Å². The zero-order valence-electron chi connectivity index (χ0n) is 8.82. The summed E-state index contributed by atoms with van der Waals surface area (Å²) in [5.41, 5.74) is 2.28. The molecule has 0 atom stereocenters. The van der Waals surface area contributed by atoms with Crippen molar-refractivity contribution in [1.29, 1.82) is 0 Å². The van der Waals surface area contributed by atoms with Gasteiger partial charge >= 0.3 is 0 Å². The fourth-order valence-corrected chi connectivity index (χ4v) is 2.05. The van der Waals surface area contributed by atoms with Crippen LogP contribution in [0.2, 0.25) is 0 Å². The molecule has 0 aliphatic rings. The molecule has 0 bridgehead atoms. The number of anilines is 1. The first-order chi connectivity index (χ1) is 7.25. The number of thiazole rings is 1. The summed E-state index contributed by atoms with van der Waals surface area (Å²) in [7, 11) is 0. The Morgan fingerprint density at radius 1 is 1.33 bits per heavy atom. The zero-order chi connectivity index (χ0) is 10.7. The molecule has 0 aromatic carbocycles. The summed E-state index contributed by atoms with van der Waals surface area (Å²) in [6.45, 7) is 4.89. The van der Waals surface area contributed by atoms with Gasteiger partial charge in [0.15, 0.2) is 0 Å². The van der Waals surface area contributed by atoms with E-state index < -0.39 is 0 Å². The van der Waals surface area contributed by atoms with E-state index in [-0.39, 0.29) is 0 Å². The molecule has 2 heterocycles. The minimum Gasteiger partial charge on any atom is -0.378 e. The van der Waals surface area contributed by atoms with Crippen LogP contribution in [-0.4, -0.2) is 9.97 Å². The SMILES string of the molecule is Cc1cnc(CNc2ccncc2C)s1. The lowest BCUT2D eigenvalue weighted by Gasteiger charge is -2.06. The molecule has 0 unspecified atom stereocenters. The van der Waals surface area contributed by atoms with Crippen LogP contribution in [0.25, 0.3) is 0 Å². The van der Waals surface area contributed by atoms with Gasteiger partial charge in [0, 0.05) is 29.2 Å². The molecule has 2 aromatic heterocycles. The minimum absolute atomic E-state index is 0.781. The van der Waals surface area contributed by atoms with Crippen molar-refractivity contribution in [3.05, 3.63) is 40.1 Å². The van der Waals surface area contributed by atoms with Gasteiger partial charge in [-0.05, 0) is 25.5 Å². The maximum atomic E-state index is 4.30. The lowest BCUT2D eigenvalue weighted by molar-refractivity contribution is 1.09. The predicted octanol–water partition coefficient (Wildman–Crippen LogP) is 2.77. The summed E-state index contributed by atoms with van der Waals surface area (Å²) in [4.78, 5) is 9.60. The van der Waals surface area contributed by atoms with Crippen molar-refractivity contribution in [2.75, 3.05) is 5.32 Å². The highest BCUT2D eigenvalue weighted by Crippen LogP contribution is 2.16. The van der Waals surface area contributed by atoms with Crippen LogP contribution in [0, 0.1) is 13.8 Å². The number of hydrogen-bond acceptors (Lipinski definition) is 4. The fraction of sp³-hybridized carbons (Fsp3) is 0.273. The molecule has 2 aromatic rings. The van der Waals surface area contributed by atoms with Crippen LogP contribution in [-0.2, 0) is 6.54 Å². The van der Waals surface area contributed by atoms with E-state index in [9.17, 15) is 0 Å². The molecule has 4 heteroatoms. The first-order valence-corrected chi connectivity index (χ1v) is 5.63. The van der Waals surface area contributed by atoms with Crippen molar-refractivity contribution in [2.24, 2.45) is 0 Å². The van der Waals surface area contributed by atoms with Gasteiger partial charge in [0.2, 0.25) is 0 Å². The van der Waals surface area contributed by atoms with Gasteiger partial charge in [-0.2, -0.15) is 0 Å². The van der Waals surface area contributed by atoms with Crippen LogP contribution in [0.5, 0.6) is 0 Å². The smallest absolute Gasteiger partial charge is 0.112 e. The Morgan fingerprint density at radius 2 is 2.20 bits per heavy atom. The number of aryl methyl sites for hydroxylation is 2. The van der Waals surface area contributed by atoms with Crippen molar-refractivity contribution >= 4 is 17.0 Å². The molecule has 0 aliphatic heterocycles. The van der Waals surface area contributed by atoms with E-state index in [2.05, 4.69) is 22.2 Å². The van der Waals surface area contributed by atoms with E-state index >= 15 is 0 Å². The average molecular weight is 219 g/mol. The van der Waals surface area contributed by atoms with Gasteiger partial charge in [0.1, 0.15) is 5.01 Å². The minimum atomic E-state index is 0.781. The predicted molar refractivity (Wildman–Crippen MR) is 63.2 cm³/mol. The van der Waals surface area contributed by atoms with Crippen LogP contribution in [0.15, 0.2) is 24.7 Å². The Morgan fingerprint density at radius 3 is 2.87 bits per heavy atom. The number of nitrogens with one attached hydrogen (secondary N) is 1. The molecule has 0 aliphatic carbocycles. The highest BCUT2D eigenvalue weighted by molar-refractivity contribution is 7.11. The van der Waals surface area contributed by atoms with Gasteiger partial charge in [-0.15, -0.1) is 11.3 Å². The molecule has 0 fully saturated rings. The lowest BCUT2D eigenvalue weighted by Crippen LogP contribution is -2.00. The Labute approximate surface area is 93.2 Å². The van der Waals surface area contributed by atoms with Gasteiger partial charge in [0.05, 0.1) is 6.54 Å². The molecule has 3 nitrogen and oxygen atoms in total. The van der Waals surface area contributed by atoms with Crippen molar-refractivity contribution in [2.45, 2.75) is 20.4 Å². The molecule has 0 amide bonds. The van der Waals surface area contributed by atoms with Gasteiger partial charge in [-0.25, -0.2) is 4.98 Å². The number of hydrogen-bond donors (Lipinski definition) is 1. The van der Waals surface area contributed by atoms with E-state index in [0.717, 1.165) is 22.8 Å².